The summed E-state index contributed by atoms with van der Waals surface area (Å²) in [5, 5.41) is 3.44. The maximum Gasteiger partial charge on any atom is 0.134 e. The van der Waals surface area contributed by atoms with Crippen LogP contribution < -0.4 is 5.32 Å². The first-order chi connectivity index (χ1) is 9.72. The molecule has 1 aliphatic rings. The van der Waals surface area contributed by atoms with Crippen LogP contribution in [-0.2, 0) is 11.2 Å². The van der Waals surface area contributed by atoms with Crippen molar-refractivity contribution in [2.45, 2.75) is 52.4 Å². The summed E-state index contributed by atoms with van der Waals surface area (Å²) >= 11 is 0. The molecule has 0 aromatic carbocycles. The molecule has 112 valence electrons. The lowest BCUT2D eigenvalue weighted by Gasteiger charge is -2.13. The van der Waals surface area contributed by atoms with Crippen LogP contribution in [-0.4, -0.2) is 36.3 Å². The quantitative estimate of drug-likeness (QED) is 0.778. The van der Waals surface area contributed by atoms with Crippen LogP contribution in [0, 0.1) is 13.8 Å². The van der Waals surface area contributed by atoms with Crippen LogP contribution in [0.2, 0.25) is 0 Å². The molecule has 0 saturated carbocycles. The maximum atomic E-state index is 5.44. The Bertz CT molecular complexity index is 405. The third-order valence-electron chi connectivity index (χ3n) is 3.94. The number of aryl methyl sites for hydroxylation is 2. The van der Waals surface area contributed by atoms with Crippen LogP contribution in [0.3, 0.4) is 0 Å². The van der Waals surface area contributed by atoms with Gasteiger partial charge in [0.15, 0.2) is 0 Å². The van der Waals surface area contributed by atoms with Gasteiger partial charge in [-0.15, -0.1) is 0 Å². The van der Waals surface area contributed by atoms with E-state index in [1.165, 1.54) is 12.0 Å². The first-order valence-electron chi connectivity index (χ1n) is 7.84. The van der Waals surface area contributed by atoms with E-state index in [4.69, 9.17) is 14.7 Å². The average Bonchev–Trinajstić information content (AvgIpc) is 2.95. The second kappa shape index (κ2) is 7.70. The zero-order chi connectivity index (χ0) is 14.4. The largest absolute Gasteiger partial charge is 0.381 e. The Morgan fingerprint density at radius 2 is 1.95 bits per heavy atom. The Balaban J connectivity index is 1.95. The fourth-order valence-electron chi connectivity index (χ4n) is 2.74. The van der Waals surface area contributed by atoms with Gasteiger partial charge in [0.05, 0.1) is 6.61 Å². The van der Waals surface area contributed by atoms with Gasteiger partial charge in [-0.05, 0) is 58.2 Å². The number of ether oxygens (including phenoxy) is 1. The summed E-state index contributed by atoms with van der Waals surface area (Å²) in [4.78, 5) is 9.44. The molecule has 0 amide bonds. The van der Waals surface area contributed by atoms with E-state index in [9.17, 15) is 0 Å². The molecule has 1 aromatic heterocycles. The van der Waals surface area contributed by atoms with E-state index < -0.39 is 0 Å². The Hall–Kier alpha value is -1.00. The molecular weight excluding hydrogens is 250 g/mol. The second-order valence-corrected chi connectivity index (χ2v) is 5.65. The molecule has 20 heavy (non-hydrogen) atoms. The van der Waals surface area contributed by atoms with Crippen molar-refractivity contribution in [2.75, 3.05) is 26.3 Å². The molecule has 4 nitrogen and oxygen atoms in total. The lowest BCUT2D eigenvalue weighted by atomic mass is 10.0. The van der Waals surface area contributed by atoms with Crippen molar-refractivity contribution >= 4 is 0 Å². The lowest BCUT2D eigenvalue weighted by molar-refractivity contribution is 0.193. The molecule has 1 aliphatic heterocycles. The van der Waals surface area contributed by atoms with Gasteiger partial charge in [-0.1, -0.05) is 6.92 Å². The number of nitrogens with zero attached hydrogens (tertiary/aromatic N) is 2. The van der Waals surface area contributed by atoms with Gasteiger partial charge >= 0.3 is 0 Å². The van der Waals surface area contributed by atoms with Gasteiger partial charge in [0.2, 0.25) is 0 Å². The Morgan fingerprint density at radius 3 is 2.55 bits per heavy atom. The van der Waals surface area contributed by atoms with Crippen LogP contribution in [0.5, 0.6) is 0 Å². The van der Waals surface area contributed by atoms with Gasteiger partial charge < -0.3 is 10.1 Å². The topological polar surface area (TPSA) is 47.0 Å². The number of hydrogen-bond donors (Lipinski definition) is 1. The summed E-state index contributed by atoms with van der Waals surface area (Å²) in [6, 6.07) is 0. The highest BCUT2D eigenvalue weighted by atomic mass is 16.5. The highest BCUT2D eigenvalue weighted by Crippen LogP contribution is 2.24. The smallest absolute Gasteiger partial charge is 0.134 e. The van der Waals surface area contributed by atoms with Gasteiger partial charge in [0.25, 0.3) is 0 Å². The van der Waals surface area contributed by atoms with Crippen LogP contribution in [0.4, 0.5) is 0 Å². The molecule has 1 N–H and O–H groups in total. The van der Waals surface area contributed by atoms with Crippen molar-refractivity contribution in [2.24, 2.45) is 0 Å². The van der Waals surface area contributed by atoms with E-state index in [-0.39, 0.29) is 0 Å². The van der Waals surface area contributed by atoms with Gasteiger partial charge in [0, 0.05) is 23.9 Å². The zero-order valence-electron chi connectivity index (χ0n) is 13.0. The van der Waals surface area contributed by atoms with Crippen molar-refractivity contribution < 1.29 is 4.74 Å². The minimum absolute atomic E-state index is 0.396. The number of rotatable bonds is 7. The third-order valence-corrected chi connectivity index (χ3v) is 3.94. The van der Waals surface area contributed by atoms with Crippen molar-refractivity contribution in [3.8, 4) is 0 Å². The highest BCUT2D eigenvalue weighted by molar-refractivity contribution is 5.25. The van der Waals surface area contributed by atoms with Gasteiger partial charge in [0.1, 0.15) is 5.82 Å². The molecule has 2 rings (SSSR count). The Kier molecular flexibility index (Phi) is 5.92. The fourth-order valence-corrected chi connectivity index (χ4v) is 2.74. The minimum atomic E-state index is 0.396. The van der Waals surface area contributed by atoms with E-state index >= 15 is 0 Å². The molecule has 4 heteroatoms. The predicted octanol–water partition coefficient (Wildman–Crippen LogP) is 2.53. The highest BCUT2D eigenvalue weighted by Gasteiger charge is 2.21. The van der Waals surface area contributed by atoms with E-state index in [1.807, 2.05) is 0 Å². The van der Waals surface area contributed by atoms with E-state index in [0.29, 0.717) is 5.92 Å². The SMILES string of the molecule is CCCNCCCc1c(C)nc(C2CCOC2)nc1C. The van der Waals surface area contributed by atoms with E-state index in [1.54, 1.807) is 0 Å². The standard InChI is InChI=1S/C16H27N3O/c1-4-8-17-9-5-6-15-12(2)18-16(19-13(15)3)14-7-10-20-11-14/h14,17H,4-11H2,1-3H3. The van der Waals surface area contributed by atoms with Gasteiger partial charge in [-0.2, -0.15) is 0 Å². The number of hydrogen-bond acceptors (Lipinski definition) is 4. The molecule has 2 heterocycles. The Labute approximate surface area is 122 Å². The maximum absolute atomic E-state index is 5.44. The van der Waals surface area contributed by atoms with Gasteiger partial charge in [-0.25, -0.2) is 9.97 Å². The van der Waals surface area contributed by atoms with Crippen LogP contribution in [0.1, 0.15) is 54.9 Å². The second-order valence-electron chi connectivity index (χ2n) is 5.65. The summed E-state index contributed by atoms with van der Waals surface area (Å²) in [6.07, 6.45) is 4.46. The lowest BCUT2D eigenvalue weighted by Crippen LogP contribution is -2.17. The Morgan fingerprint density at radius 1 is 1.20 bits per heavy atom. The van der Waals surface area contributed by atoms with Crippen molar-refractivity contribution in [3.63, 3.8) is 0 Å². The molecule has 1 saturated heterocycles. The molecular formula is C16H27N3O. The normalized spacial score (nSPS) is 18.6. The van der Waals surface area contributed by atoms with E-state index in [0.717, 1.165) is 62.8 Å². The predicted molar refractivity (Wildman–Crippen MR) is 81.2 cm³/mol. The molecule has 1 fully saturated rings. The molecule has 0 bridgehead atoms. The van der Waals surface area contributed by atoms with Crippen molar-refractivity contribution in [1.29, 1.82) is 0 Å². The molecule has 1 aromatic rings. The average molecular weight is 277 g/mol. The molecule has 0 aliphatic carbocycles. The van der Waals surface area contributed by atoms with Crippen LogP contribution >= 0.6 is 0 Å². The summed E-state index contributed by atoms with van der Waals surface area (Å²) in [5.74, 6) is 1.37. The first-order valence-corrected chi connectivity index (χ1v) is 7.84. The summed E-state index contributed by atoms with van der Waals surface area (Å²) < 4.78 is 5.44. The molecule has 0 radical (unpaired) electrons. The zero-order valence-corrected chi connectivity index (χ0v) is 13.0. The molecule has 0 spiro atoms. The van der Waals surface area contributed by atoms with Crippen LogP contribution in [0.25, 0.3) is 0 Å². The summed E-state index contributed by atoms with van der Waals surface area (Å²) in [7, 11) is 0. The first kappa shape index (κ1) is 15.4. The van der Waals surface area contributed by atoms with E-state index in [2.05, 4.69) is 26.1 Å². The third kappa shape index (κ3) is 4.00. The monoisotopic (exact) mass is 277 g/mol. The van der Waals surface area contributed by atoms with Crippen molar-refractivity contribution in [3.05, 3.63) is 22.8 Å². The van der Waals surface area contributed by atoms with Crippen LogP contribution in [0.15, 0.2) is 0 Å². The molecule has 1 unspecified atom stereocenters. The number of aromatic nitrogens is 2. The van der Waals surface area contributed by atoms with Gasteiger partial charge in [-0.3, -0.25) is 0 Å². The minimum Gasteiger partial charge on any atom is -0.381 e. The summed E-state index contributed by atoms with van der Waals surface area (Å²) in [5.41, 5.74) is 3.62. The fraction of sp³-hybridized carbons (Fsp3) is 0.750. The number of nitrogens with one attached hydrogen (secondary N) is 1. The summed E-state index contributed by atoms with van der Waals surface area (Å²) in [6.45, 7) is 10.2. The van der Waals surface area contributed by atoms with Crippen molar-refractivity contribution in [1.82, 2.24) is 15.3 Å². The molecule has 1 atom stereocenters.